The van der Waals surface area contributed by atoms with Crippen LogP contribution in [0.2, 0.25) is 0 Å². The van der Waals surface area contributed by atoms with Crippen LogP contribution >= 0.6 is 0 Å². The van der Waals surface area contributed by atoms with Crippen LogP contribution in [0.3, 0.4) is 0 Å². The van der Waals surface area contributed by atoms with Crippen LogP contribution in [0.1, 0.15) is 44.7 Å². The lowest BCUT2D eigenvalue weighted by Gasteiger charge is -2.52. The van der Waals surface area contributed by atoms with Gasteiger partial charge in [-0.1, -0.05) is 18.2 Å². The lowest BCUT2D eigenvalue weighted by atomic mass is 9.93. The van der Waals surface area contributed by atoms with Crippen LogP contribution in [0.4, 0.5) is 18.0 Å². The van der Waals surface area contributed by atoms with Gasteiger partial charge >= 0.3 is 6.18 Å². The predicted molar refractivity (Wildman–Crippen MR) is 86.4 cm³/mol. The van der Waals surface area contributed by atoms with Crippen LogP contribution in [-0.2, 0) is 12.7 Å². The molecular weight excluding hydrogens is 333 g/mol. The number of carbonyl (C=O) groups excluding carboxylic acids is 1. The molecule has 2 atom stereocenters. The Bertz CT molecular complexity index is 625. The fourth-order valence-electron chi connectivity index (χ4n) is 3.59. The minimum atomic E-state index is -4.40. The Balaban J connectivity index is 2.14. The van der Waals surface area contributed by atoms with Gasteiger partial charge in [-0.25, -0.2) is 0 Å². The summed E-state index contributed by atoms with van der Waals surface area (Å²) in [5.41, 5.74) is -1.03. The van der Waals surface area contributed by atoms with E-state index in [-0.39, 0.29) is 22.6 Å². The normalized spacial score (nSPS) is 25.0. The zero-order chi connectivity index (χ0) is 18.9. The molecule has 1 aliphatic heterocycles. The molecule has 0 bridgehead atoms. The molecule has 1 N–H and O–H groups in total. The monoisotopic (exact) mass is 358 g/mol. The maximum Gasteiger partial charge on any atom is 0.416 e. The average molecular weight is 358 g/mol. The number of quaternary nitrogens is 1. The number of piperidine rings is 1. The minimum absolute atomic E-state index is 0.0531. The van der Waals surface area contributed by atoms with Gasteiger partial charge in [0.25, 0.3) is 6.09 Å². The van der Waals surface area contributed by atoms with Crippen molar-refractivity contribution in [2.45, 2.75) is 57.9 Å². The number of likely N-dealkylation sites (tertiary alicyclic amines) is 1. The van der Waals surface area contributed by atoms with Gasteiger partial charge in [0.2, 0.25) is 0 Å². The van der Waals surface area contributed by atoms with Crippen molar-refractivity contribution in [3.8, 4) is 0 Å². The SMILES string of the molecule is CC(C)(C)[N+]1(C(=O)[O-])CCC[C@H](NCc2ccccc2C(F)(F)F)C1. The van der Waals surface area contributed by atoms with Crippen molar-refractivity contribution in [1.82, 2.24) is 5.32 Å². The number of halogens is 3. The largest absolute Gasteiger partial charge is 0.498 e. The third-order valence-corrected chi connectivity index (χ3v) is 5.16. The van der Waals surface area contributed by atoms with Gasteiger partial charge in [-0.15, -0.1) is 0 Å². The molecule has 1 aliphatic rings. The lowest BCUT2D eigenvalue weighted by molar-refractivity contribution is -0.924. The first-order chi connectivity index (χ1) is 11.5. The van der Waals surface area contributed by atoms with E-state index in [1.54, 1.807) is 6.07 Å². The van der Waals surface area contributed by atoms with E-state index in [1.807, 2.05) is 20.8 Å². The van der Waals surface area contributed by atoms with Gasteiger partial charge in [-0.3, -0.25) is 4.48 Å². The van der Waals surface area contributed by atoms with Crippen LogP contribution in [0.25, 0.3) is 0 Å². The number of nitrogens with zero attached hydrogens (tertiary/aromatic N) is 1. The first kappa shape index (κ1) is 19.7. The standard InChI is InChI=1S/C18H25F3N2O2/c1-17(2,3)23(16(24)25)10-6-8-14(12-23)22-11-13-7-4-5-9-15(13)18(19,20)21/h4-5,7,9,14,22H,6,8,10-12H2,1-3H3/t14-,23?/m0/s1. The van der Waals surface area contributed by atoms with E-state index in [0.29, 0.717) is 19.5 Å². The van der Waals surface area contributed by atoms with Crippen molar-refractivity contribution in [2.24, 2.45) is 0 Å². The summed E-state index contributed by atoms with van der Waals surface area (Å²) in [5.74, 6) is 0. The Hall–Kier alpha value is -1.60. The fourth-order valence-corrected chi connectivity index (χ4v) is 3.59. The summed E-state index contributed by atoms with van der Waals surface area (Å²) in [6.45, 7) is 6.39. The van der Waals surface area contributed by atoms with E-state index >= 15 is 0 Å². The molecule has 7 heteroatoms. The molecule has 1 unspecified atom stereocenters. The molecule has 1 amide bonds. The first-order valence-electron chi connectivity index (χ1n) is 8.44. The van der Waals surface area contributed by atoms with E-state index in [2.05, 4.69) is 5.32 Å². The van der Waals surface area contributed by atoms with Crippen LogP contribution in [0.15, 0.2) is 24.3 Å². The third kappa shape index (κ3) is 4.15. The molecule has 2 rings (SSSR count). The van der Waals surface area contributed by atoms with E-state index in [4.69, 9.17) is 0 Å². The Morgan fingerprint density at radius 1 is 1.28 bits per heavy atom. The topological polar surface area (TPSA) is 52.2 Å². The van der Waals surface area contributed by atoms with Crippen molar-refractivity contribution < 1.29 is 27.6 Å². The van der Waals surface area contributed by atoms with Gasteiger partial charge in [0.1, 0.15) is 6.54 Å². The highest BCUT2D eigenvalue weighted by Crippen LogP contribution is 2.33. The number of rotatable bonds is 3. The van der Waals surface area contributed by atoms with Crippen molar-refractivity contribution in [1.29, 1.82) is 0 Å². The number of benzene rings is 1. The molecule has 1 saturated heterocycles. The quantitative estimate of drug-likeness (QED) is 0.846. The molecule has 1 aromatic rings. The Kier molecular flexibility index (Phi) is 5.49. The minimum Gasteiger partial charge on any atom is -0.498 e. The van der Waals surface area contributed by atoms with Crippen LogP contribution in [0, 0.1) is 0 Å². The van der Waals surface area contributed by atoms with E-state index in [0.717, 1.165) is 12.5 Å². The van der Waals surface area contributed by atoms with Gasteiger partial charge in [0.05, 0.1) is 23.7 Å². The summed E-state index contributed by atoms with van der Waals surface area (Å²) < 4.78 is 39.1. The maximum absolute atomic E-state index is 13.1. The van der Waals surface area contributed by atoms with Crippen molar-refractivity contribution in [3.05, 3.63) is 35.4 Å². The van der Waals surface area contributed by atoms with Gasteiger partial charge in [-0.05, 0) is 45.2 Å². The summed E-state index contributed by atoms with van der Waals surface area (Å²) in [6.07, 6.45) is -4.11. The second kappa shape index (κ2) is 6.96. The second-order valence-electron chi connectivity index (χ2n) is 7.69. The van der Waals surface area contributed by atoms with Crippen molar-refractivity contribution >= 4 is 6.09 Å². The highest BCUT2D eigenvalue weighted by molar-refractivity contribution is 5.55. The van der Waals surface area contributed by atoms with Crippen LogP contribution in [-0.4, -0.2) is 35.2 Å². The van der Waals surface area contributed by atoms with Gasteiger partial charge in [0.15, 0.2) is 0 Å². The molecule has 0 radical (unpaired) electrons. The van der Waals surface area contributed by atoms with Crippen LogP contribution in [0.5, 0.6) is 0 Å². The molecular formula is C18H25F3N2O2. The zero-order valence-electron chi connectivity index (χ0n) is 14.8. The van der Waals surface area contributed by atoms with Gasteiger partial charge < -0.3 is 15.2 Å². The molecule has 4 nitrogen and oxygen atoms in total. The molecule has 1 fully saturated rings. The van der Waals surface area contributed by atoms with Crippen molar-refractivity contribution in [3.63, 3.8) is 0 Å². The number of carboxylic acid groups (broad SMARTS) is 1. The molecule has 0 spiro atoms. The molecule has 0 saturated carbocycles. The average Bonchev–Trinajstić information content (AvgIpc) is 2.51. The van der Waals surface area contributed by atoms with Crippen molar-refractivity contribution in [2.75, 3.05) is 13.1 Å². The molecule has 25 heavy (non-hydrogen) atoms. The van der Waals surface area contributed by atoms with E-state index in [9.17, 15) is 23.1 Å². The molecule has 140 valence electrons. The third-order valence-electron chi connectivity index (χ3n) is 5.16. The Labute approximate surface area is 146 Å². The number of amides is 1. The highest BCUT2D eigenvalue weighted by atomic mass is 19.4. The Morgan fingerprint density at radius 2 is 1.92 bits per heavy atom. The predicted octanol–water partition coefficient (Wildman–Crippen LogP) is 2.92. The lowest BCUT2D eigenvalue weighted by Crippen LogP contribution is -2.72. The smallest absolute Gasteiger partial charge is 0.416 e. The molecule has 0 aliphatic carbocycles. The van der Waals surface area contributed by atoms with Gasteiger partial charge in [-0.2, -0.15) is 13.2 Å². The number of carbonyl (C=O) groups is 1. The van der Waals surface area contributed by atoms with Gasteiger partial charge in [0, 0.05) is 6.54 Å². The molecule has 0 aromatic heterocycles. The number of alkyl halides is 3. The van der Waals surface area contributed by atoms with E-state index < -0.39 is 23.4 Å². The number of nitrogens with one attached hydrogen (secondary N) is 1. The Morgan fingerprint density at radius 3 is 2.48 bits per heavy atom. The fraction of sp³-hybridized carbons (Fsp3) is 0.611. The summed E-state index contributed by atoms with van der Waals surface area (Å²) in [5, 5.41) is 14.9. The summed E-state index contributed by atoms with van der Waals surface area (Å²) in [7, 11) is 0. The highest BCUT2D eigenvalue weighted by Gasteiger charge is 2.46. The maximum atomic E-state index is 13.1. The summed E-state index contributed by atoms with van der Waals surface area (Å²) >= 11 is 0. The number of hydrogen-bond donors (Lipinski definition) is 1. The number of hydrogen-bond acceptors (Lipinski definition) is 3. The zero-order valence-corrected chi connectivity index (χ0v) is 14.8. The molecule has 1 heterocycles. The van der Waals surface area contributed by atoms with Crippen LogP contribution < -0.4 is 10.4 Å². The molecule has 1 aromatic carbocycles. The second-order valence-corrected chi connectivity index (χ2v) is 7.69. The van der Waals surface area contributed by atoms with E-state index in [1.165, 1.54) is 12.1 Å². The summed E-state index contributed by atoms with van der Waals surface area (Å²) in [6, 6.07) is 5.28. The first-order valence-corrected chi connectivity index (χ1v) is 8.44. The summed E-state index contributed by atoms with van der Waals surface area (Å²) in [4.78, 5) is 11.8.